The molecular weight excluding hydrogens is 302 g/mol. The number of benzene rings is 2. The van der Waals surface area contributed by atoms with Crippen molar-refractivity contribution in [2.45, 2.75) is 0 Å². The van der Waals surface area contributed by atoms with Gasteiger partial charge in [-0.25, -0.2) is 0 Å². The van der Waals surface area contributed by atoms with E-state index in [0.717, 1.165) is 34.9 Å². The van der Waals surface area contributed by atoms with Crippen molar-refractivity contribution in [2.24, 2.45) is 0 Å². The summed E-state index contributed by atoms with van der Waals surface area (Å²) in [5, 5.41) is 0. The molecule has 0 N–H and O–H groups in total. The van der Waals surface area contributed by atoms with E-state index in [-0.39, 0.29) is 0 Å². The lowest BCUT2D eigenvalue weighted by Gasteiger charge is -2.10. The van der Waals surface area contributed by atoms with E-state index in [1.165, 1.54) is 0 Å². The van der Waals surface area contributed by atoms with Crippen LogP contribution in [0.25, 0.3) is 0 Å². The zero-order valence-electron chi connectivity index (χ0n) is 14.6. The first-order valence-electron chi connectivity index (χ1n) is 7.73. The molecule has 0 aliphatic rings. The number of likely N-dealkylation sites (N-methyl/N-ethyl adjacent to an activating group) is 1. The van der Waals surface area contributed by atoms with Crippen LogP contribution in [-0.2, 0) is 0 Å². The first kappa shape index (κ1) is 17.7. The molecule has 2 aromatic carbocycles. The molecule has 126 valence electrons. The van der Waals surface area contributed by atoms with Gasteiger partial charge in [0.1, 0.15) is 23.9 Å². The maximum Gasteiger partial charge on any atom is 0.123 e. The third kappa shape index (κ3) is 5.53. The van der Waals surface area contributed by atoms with Crippen molar-refractivity contribution >= 4 is 0 Å². The second kappa shape index (κ2) is 8.85. The molecule has 0 saturated carbocycles. The summed E-state index contributed by atoms with van der Waals surface area (Å²) in [6, 6.07) is 13.4. The Morgan fingerprint density at radius 1 is 0.792 bits per heavy atom. The van der Waals surface area contributed by atoms with Gasteiger partial charge < -0.3 is 19.1 Å². The lowest BCUT2D eigenvalue weighted by molar-refractivity contribution is 0.261. The van der Waals surface area contributed by atoms with E-state index in [4.69, 9.17) is 14.2 Å². The Labute approximate surface area is 144 Å². The Hall–Kier alpha value is -2.64. The average molecular weight is 325 g/mol. The molecule has 0 heterocycles. The quantitative estimate of drug-likeness (QED) is 0.764. The molecule has 0 bridgehead atoms. The van der Waals surface area contributed by atoms with Gasteiger partial charge in [-0.1, -0.05) is 11.8 Å². The number of ether oxygens (including phenoxy) is 3. The molecule has 0 atom stereocenters. The fraction of sp³-hybridized carbons (Fsp3) is 0.300. The van der Waals surface area contributed by atoms with Crippen LogP contribution in [0.15, 0.2) is 42.5 Å². The van der Waals surface area contributed by atoms with Crippen LogP contribution in [0.3, 0.4) is 0 Å². The van der Waals surface area contributed by atoms with Gasteiger partial charge in [0.15, 0.2) is 0 Å². The van der Waals surface area contributed by atoms with Crippen molar-refractivity contribution in [1.29, 1.82) is 0 Å². The highest BCUT2D eigenvalue weighted by molar-refractivity contribution is 5.49. The number of hydrogen-bond donors (Lipinski definition) is 0. The fourth-order valence-electron chi connectivity index (χ4n) is 2.00. The van der Waals surface area contributed by atoms with Crippen LogP contribution in [0.1, 0.15) is 11.1 Å². The third-order valence-corrected chi connectivity index (χ3v) is 3.36. The van der Waals surface area contributed by atoms with Crippen LogP contribution < -0.4 is 14.2 Å². The largest absolute Gasteiger partial charge is 0.497 e. The van der Waals surface area contributed by atoms with Gasteiger partial charge in [0.25, 0.3) is 0 Å². The highest BCUT2D eigenvalue weighted by Crippen LogP contribution is 2.22. The lowest BCUT2D eigenvalue weighted by Crippen LogP contribution is -2.19. The second-order valence-electron chi connectivity index (χ2n) is 5.53. The third-order valence-electron chi connectivity index (χ3n) is 3.36. The molecule has 0 spiro atoms. The minimum absolute atomic E-state index is 0.668. The maximum absolute atomic E-state index is 5.67. The molecular formula is C20H23NO3. The molecule has 0 saturated heterocycles. The molecule has 2 rings (SSSR count). The zero-order valence-corrected chi connectivity index (χ0v) is 14.6. The molecule has 0 radical (unpaired) electrons. The lowest BCUT2D eigenvalue weighted by atomic mass is 10.1. The van der Waals surface area contributed by atoms with Gasteiger partial charge in [-0.05, 0) is 50.5 Å². The van der Waals surface area contributed by atoms with Gasteiger partial charge in [0, 0.05) is 23.7 Å². The Morgan fingerprint density at radius 2 is 1.38 bits per heavy atom. The van der Waals surface area contributed by atoms with Crippen LogP contribution >= 0.6 is 0 Å². The molecule has 0 fully saturated rings. The molecule has 4 nitrogen and oxygen atoms in total. The van der Waals surface area contributed by atoms with Gasteiger partial charge in [0.2, 0.25) is 0 Å². The molecule has 2 aromatic rings. The Kier molecular flexibility index (Phi) is 6.53. The number of rotatable bonds is 6. The fourth-order valence-corrected chi connectivity index (χ4v) is 2.00. The smallest absolute Gasteiger partial charge is 0.123 e. The van der Waals surface area contributed by atoms with E-state index in [0.29, 0.717) is 6.61 Å². The monoisotopic (exact) mass is 325 g/mol. The molecule has 24 heavy (non-hydrogen) atoms. The van der Waals surface area contributed by atoms with Gasteiger partial charge in [-0.2, -0.15) is 0 Å². The second-order valence-corrected chi connectivity index (χ2v) is 5.53. The number of hydrogen-bond acceptors (Lipinski definition) is 4. The summed E-state index contributed by atoms with van der Waals surface area (Å²) in [6.45, 7) is 1.56. The molecule has 4 heteroatoms. The van der Waals surface area contributed by atoms with Crippen LogP contribution in [-0.4, -0.2) is 46.4 Å². The molecule has 0 aliphatic heterocycles. The summed E-state index contributed by atoms with van der Waals surface area (Å²) >= 11 is 0. The van der Waals surface area contributed by atoms with E-state index < -0.39 is 0 Å². The normalized spacial score (nSPS) is 10.0. The minimum atomic E-state index is 0.668. The van der Waals surface area contributed by atoms with E-state index in [2.05, 4.69) is 16.7 Å². The molecule has 0 aromatic heterocycles. The predicted octanol–water partition coefficient (Wildman–Crippen LogP) is 3.04. The van der Waals surface area contributed by atoms with Gasteiger partial charge >= 0.3 is 0 Å². The molecule has 0 amide bonds. The van der Waals surface area contributed by atoms with Gasteiger partial charge in [-0.3, -0.25) is 0 Å². The average Bonchev–Trinajstić information content (AvgIpc) is 2.60. The Balaban J connectivity index is 2.05. The summed E-state index contributed by atoms with van der Waals surface area (Å²) in [5.41, 5.74) is 1.77. The van der Waals surface area contributed by atoms with E-state index >= 15 is 0 Å². The van der Waals surface area contributed by atoms with Gasteiger partial charge in [0.05, 0.1) is 14.2 Å². The Morgan fingerprint density at radius 3 is 1.92 bits per heavy atom. The Bertz CT molecular complexity index is 690. The summed E-state index contributed by atoms with van der Waals surface area (Å²) in [7, 11) is 7.30. The van der Waals surface area contributed by atoms with Crippen molar-refractivity contribution in [1.82, 2.24) is 4.90 Å². The zero-order chi connectivity index (χ0) is 17.4. The SMILES string of the molecule is COc1cc(C#Cc2ccc(OCCN(C)C)cc2)cc(OC)c1. The van der Waals surface area contributed by atoms with Crippen molar-refractivity contribution < 1.29 is 14.2 Å². The van der Waals surface area contributed by atoms with Crippen LogP contribution in [0, 0.1) is 11.8 Å². The first-order valence-corrected chi connectivity index (χ1v) is 7.73. The first-order chi connectivity index (χ1) is 11.6. The molecule has 0 unspecified atom stereocenters. The number of methoxy groups -OCH3 is 2. The van der Waals surface area contributed by atoms with Crippen molar-refractivity contribution in [2.75, 3.05) is 41.5 Å². The highest BCUT2D eigenvalue weighted by Gasteiger charge is 2.00. The van der Waals surface area contributed by atoms with Crippen molar-refractivity contribution in [3.05, 3.63) is 53.6 Å². The van der Waals surface area contributed by atoms with E-state index in [1.807, 2.05) is 56.6 Å². The number of nitrogens with zero attached hydrogens (tertiary/aromatic N) is 1. The van der Waals surface area contributed by atoms with Crippen LogP contribution in [0.2, 0.25) is 0 Å². The molecule has 0 aliphatic carbocycles. The summed E-state index contributed by atoms with van der Waals surface area (Å²) in [6.07, 6.45) is 0. The van der Waals surface area contributed by atoms with E-state index in [1.54, 1.807) is 14.2 Å². The minimum Gasteiger partial charge on any atom is -0.497 e. The summed E-state index contributed by atoms with van der Waals surface area (Å²) in [4.78, 5) is 2.09. The highest BCUT2D eigenvalue weighted by atomic mass is 16.5. The predicted molar refractivity (Wildman–Crippen MR) is 96.0 cm³/mol. The van der Waals surface area contributed by atoms with Crippen molar-refractivity contribution in [3.8, 4) is 29.1 Å². The topological polar surface area (TPSA) is 30.9 Å². The summed E-state index contributed by atoms with van der Waals surface area (Å²) in [5.74, 6) is 8.57. The van der Waals surface area contributed by atoms with Gasteiger partial charge in [-0.15, -0.1) is 0 Å². The maximum atomic E-state index is 5.67. The summed E-state index contributed by atoms with van der Waals surface area (Å²) < 4.78 is 16.2. The standard InChI is InChI=1S/C20H23NO3/c1-21(2)11-12-24-18-9-7-16(8-10-18)5-6-17-13-19(22-3)15-20(14-17)23-4/h7-10,13-15H,11-12H2,1-4H3. The van der Waals surface area contributed by atoms with E-state index in [9.17, 15) is 0 Å². The van der Waals surface area contributed by atoms with Crippen LogP contribution in [0.4, 0.5) is 0 Å². The van der Waals surface area contributed by atoms with Crippen LogP contribution in [0.5, 0.6) is 17.2 Å². The van der Waals surface area contributed by atoms with Crippen molar-refractivity contribution in [3.63, 3.8) is 0 Å².